The molecule has 1 N–H and O–H groups in total. The van der Waals surface area contributed by atoms with Gasteiger partial charge in [0, 0.05) is 39.8 Å². The second-order valence-electron chi connectivity index (χ2n) is 2.91. The number of hydrogen-bond donors (Lipinski definition) is 1. The van der Waals surface area contributed by atoms with Gasteiger partial charge in [0.1, 0.15) is 6.79 Å². The van der Waals surface area contributed by atoms with Crippen LogP contribution in [0.1, 0.15) is 0 Å². The van der Waals surface area contributed by atoms with Gasteiger partial charge in [-0.3, -0.25) is 4.90 Å². The number of piperazine rings is 1. The largest absolute Gasteiger partial charge is 0.359 e. The maximum absolute atomic E-state index is 5.20. The van der Waals surface area contributed by atoms with Crippen LogP contribution >= 0.6 is 0 Å². The van der Waals surface area contributed by atoms with Gasteiger partial charge in [-0.15, -0.1) is 0 Å². The summed E-state index contributed by atoms with van der Waals surface area (Å²) in [6, 6.07) is 0. The van der Waals surface area contributed by atoms with E-state index in [9.17, 15) is 0 Å². The first-order valence-electron chi connectivity index (χ1n) is 4.43. The first-order valence-corrected chi connectivity index (χ1v) is 4.43. The summed E-state index contributed by atoms with van der Waals surface area (Å²) in [5.41, 5.74) is 0. The van der Waals surface area contributed by atoms with Crippen molar-refractivity contribution < 1.29 is 9.47 Å². The van der Waals surface area contributed by atoms with Crippen molar-refractivity contribution in [3.05, 3.63) is 0 Å². The molecule has 0 aromatic heterocycles. The van der Waals surface area contributed by atoms with Gasteiger partial charge in [-0.05, 0) is 0 Å². The number of rotatable bonds is 5. The number of nitrogens with zero attached hydrogens (tertiary/aromatic N) is 1. The fourth-order valence-corrected chi connectivity index (χ4v) is 1.27. The van der Waals surface area contributed by atoms with E-state index in [2.05, 4.69) is 10.2 Å². The predicted molar refractivity (Wildman–Crippen MR) is 47.1 cm³/mol. The summed E-state index contributed by atoms with van der Waals surface area (Å²) in [5, 5.41) is 3.31. The lowest BCUT2D eigenvalue weighted by Crippen LogP contribution is -2.44. The summed E-state index contributed by atoms with van der Waals surface area (Å²) in [6.45, 7) is 6.67. The summed E-state index contributed by atoms with van der Waals surface area (Å²) in [6.07, 6.45) is 0. The number of ether oxygens (including phenoxy) is 2. The highest BCUT2D eigenvalue weighted by atomic mass is 16.7. The lowest BCUT2D eigenvalue weighted by atomic mass is 10.4. The SMILES string of the molecule is COCOCCN1CCNCC1. The quantitative estimate of drug-likeness (QED) is 0.450. The van der Waals surface area contributed by atoms with Gasteiger partial charge in [0.25, 0.3) is 0 Å². The molecule has 12 heavy (non-hydrogen) atoms. The Balaban J connectivity index is 1.91. The third-order valence-electron chi connectivity index (χ3n) is 1.96. The van der Waals surface area contributed by atoms with E-state index in [0.717, 1.165) is 39.3 Å². The Morgan fingerprint density at radius 2 is 2.08 bits per heavy atom. The molecule has 0 aliphatic carbocycles. The number of nitrogens with one attached hydrogen (secondary N) is 1. The Morgan fingerprint density at radius 3 is 2.75 bits per heavy atom. The van der Waals surface area contributed by atoms with Gasteiger partial charge < -0.3 is 14.8 Å². The molecule has 0 saturated carbocycles. The van der Waals surface area contributed by atoms with E-state index in [1.807, 2.05) is 0 Å². The zero-order chi connectivity index (χ0) is 8.65. The van der Waals surface area contributed by atoms with Crippen LogP contribution in [0.15, 0.2) is 0 Å². The molecule has 0 amide bonds. The molecule has 0 aromatic rings. The van der Waals surface area contributed by atoms with Gasteiger partial charge in [0.15, 0.2) is 0 Å². The van der Waals surface area contributed by atoms with Crippen molar-refractivity contribution in [1.82, 2.24) is 10.2 Å². The number of hydrogen-bond acceptors (Lipinski definition) is 4. The second kappa shape index (κ2) is 6.37. The van der Waals surface area contributed by atoms with E-state index in [1.165, 1.54) is 0 Å². The fraction of sp³-hybridized carbons (Fsp3) is 1.00. The molecule has 1 rings (SSSR count). The standard InChI is InChI=1S/C8H18N2O2/c1-11-8-12-7-6-10-4-2-9-3-5-10/h9H,2-8H2,1H3. The normalized spacial score (nSPS) is 19.8. The van der Waals surface area contributed by atoms with Crippen molar-refractivity contribution in [2.75, 3.05) is 53.2 Å². The molecule has 1 fully saturated rings. The molecule has 1 saturated heterocycles. The average Bonchev–Trinajstić information content (AvgIpc) is 2.14. The zero-order valence-corrected chi connectivity index (χ0v) is 7.71. The van der Waals surface area contributed by atoms with Crippen LogP contribution in [0.2, 0.25) is 0 Å². The molecule has 0 aromatic carbocycles. The molecule has 1 heterocycles. The predicted octanol–water partition coefficient (Wildman–Crippen LogP) is -0.488. The Bertz CT molecular complexity index is 105. The van der Waals surface area contributed by atoms with E-state index >= 15 is 0 Å². The van der Waals surface area contributed by atoms with Crippen molar-refractivity contribution >= 4 is 0 Å². The molecule has 72 valence electrons. The second-order valence-corrected chi connectivity index (χ2v) is 2.91. The Hall–Kier alpha value is -0.160. The Kier molecular flexibility index (Phi) is 5.27. The van der Waals surface area contributed by atoms with Crippen LogP contribution in [0.4, 0.5) is 0 Å². The molecular weight excluding hydrogens is 156 g/mol. The van der Waals surface area contributed by atoms with Crippen molar-refractivity contribution in [2.24, 2.45) is 0 Å². The van der Waals surface area contributed by atoms with Crippen LogP contribution in [0.5, 0.6) is 0 Å². The Labute approximate surface area is 73.8 Å². The highest BCUT2D eigenvalue weighted by Crippen LogP contribution is 1.91. The molecule has 0 radical (unpaired) electrons. The van der Waals surface area contributed by atoms with E-state index in [1.54, 1.807) is 7.11 Å². The summed E-state index contributed by atoms with van der Waals surface area (Å²) in [5.74, 6) is 0. The molecular formula is C8H18N2O2. The van der Waals surface area contributed by atoms with Gasteiger partial charge in [-0.1, -0.05) is 0 Å². The maximum atomic E-state index is 5.20. The van der Waals surface area contributed by atoms with Gasteiger partial charge in [-0.2, -0.15) is 0 Å². The zero-order valence-electron chi connectivity index (χ0n) is 7.71. The highest BCUT2D eigenvalue weighted by molar-refractivity contribution is 4.66. The fourth-order valence-electron chi connectivity index (χ4n) is 1.27. The summed E-state index contributed by atoms with van der Waals surface area (Å²) < 4.78 is 9.98. The van der Waals surface area contributed by atoms with Crippen molar-refractivity contribution in [3.63, 3.8) is 0 Å². The molecule has 1 aliphatic heterocycles. The van der Waals surface area contributed by atoms with Crippen LogP contribution in [0.25, 0.3) is 0 Å². The minimum absolute atomic E-state index is 0.409. The molecule has 4 nitrogen and oxygen atoms in total. The van der Waals surface area contributed by atoms with Gasteiger partial charge in [-0.25, -0.2) is 0 Å². The molecule has 0 spiro atoms. The summed E-state index contributed by atoms with van der Waals surface area (Å²) >= 11 is 0. The first-order chi connectivity index (χ1) is 5.93. The smallest absolute Gasteiger partial charge is 0.146 e. The van der Waals surface area contributed by atoms with Crippen LogP contribution < -0.4 is 5.32 Å². The molecule has 0 bridgehead atoms. The van der Waals surface area contributed by atoms with Gasteiger partial charge in [0.05, 0.1) is 6.61 Å². The lowest BCUT2D eigenvalue weighted by molar-refractivity contribution is -0.0370. The van der Waals surface area contributed by atoms with Gasteiger partial charge >= 0.3 is 0 Å². The third kappa shape index (κ3) is 4.01. The molecule has 0 atom stereocenters. The topological polar surface area (TPSA) is 33.7 Å². The van der Waals surface area contributed by atoms with Gasteiger partial charge in [0.2, 0.25) is 0 Å². The lowest BCUT2D eigenvalue weighted by Gasteiger charge is -2.26. The van der Waals surface area contributed by atoms with Crippen LogP contribution in [-0.2, 0) is 9.47 Å². The first kappa shape index (κ1) is 9.92. The summed E-state index contributed by atoms with van der Waals surface area (Å²) in [4.78, 5) is 2.40. The highest BCUT2D eigenvalue weighted by Gasteiger charge is 2.07. The average molecular weight is 174 g/mol. The van der Waals surface area contributed by atoms with Crippen LogP contribution in [0, 0.1) is 0 Å². The summed E-state index contributed by atoms with van der Waals surface area (Å²) in [7, 11) is 1.64. The third-order valence-corrected chi connectivity index (χ3v) is 1.96. The van der Waals surface area contributed by atoms with Crippen molar-refractivity contribution in [1.29, 1.82) is 0 Å². The van der Waals surface area contributed by atoms with E-state index in [-0.39, 0.29) is 0 Å². The minimum atomic E-state index is 0.409. The van der Waals surface area contributed by atoms with Crippen LogP contribution in [0.3, 0.4) is 0 Å². The van der Waals surface area contributed by atoms with Crippen molar-refractivity contribution in [3.8, 4) is 0 Å². The number of methoxy groups -OCH3 is 1. The van der Waals surface area contributed by atoms with E-state index in [0.29, 0.717) is 6.79 Å². The van der Waals surface area contributed by atoms with E-state index in [4.69, 9.17) is 9.47 Å². The monoisotopic (exact) mass is 174 g/mol. The molecule has 4 heteroatoms. The van der Waals surface area contributed by atoms with E-state index < -0.39 is 0 Å². The Morgan fingerprint density at radius 1 is 1.33 bits per heavy atom. The molecule has 0 unspecified atom stereocenters. The maximum Gasteiger partial charge on any atom is 0.146 e. The van der Waals surface area contributed by atoms with Crippen LogP contribution in [-0.4, -0.2) is 58.1 Å². The van der Waals surface area contributed by atoms with Crippen molar-refractivity contribution in [2.45, 2.75) is 0 Å². The molecule has 1 aliphatic rings. The minimum Gasteiger partial charge on any atom is -0.359 e.